The number of aliphatic imine (C=N–C) groups is 1. The minimum absolute atomic E-state index is 0.246. The molecule has 15 heavy (non-hydrogen) atoms. The van der Waals surface area contributed by atoms with Crippen molar-refractivity contribution in [2.75, 3.05) is 7.05 Å². The van der Waals surface area contributed by atoms with Crippen LogP contribution >= 0.6 is 0 Å². The predicted molar refractivity (Wildman–Crippen MR) is 60.5 cm³/mol. The highest BCUT2D eigenvalue weighted by molar-refractivity contribution is 7.90. The summed E-state index contributed by atoms with van der Waals surface area (Å²) in [5.41, 5.74) is 1.02. The van der Waals surface area contributed by atoms with Crippen molar-refractivity contribution in [1.29, 1.82) is 0 Å². The number of amidine groups is 1. The summed E-state index contributed by atoms with van der Waals surface area (Å²) in [5, 5.41) is 0. The van der Waals surface area contributed by atoms with Gasteiger partial charge in [0, 0.05) is 7.05 Å². The van der Waals surface area contributed by atoms with E-state index in [4.69, 9.17) is 0 Å². The number of hydrogen-bond acceptors (Lipinski definition) is 3. The average molecular weight is 226 g/mol. The molecule has 4 nitrogen and oxygen atoms in total. The number of aryl methyl sites for hydroxylation is 1. The van der Waals surface area contributed by atoms with Crippen LogP contribution in [-0.2, 0) is 10.0 Å². The van der Waals surface area contributed by atoms with E-state index in [2.05, 4.69) is 9.71 Å². The van der Waals surface area contributed by atoms with Gasteiger partial charge in [0.05, 0.1) is 4.90 Å². The van der Waals surface area contributed by atoms with Crippen molar-refractivity contribution >= 4 is 15.9 Å². The van der Waals surface area contributed by atoms with Crippen molar-refractivity contribution < 1.29 is 8.42 Å². The van der Waals surface area contributed by atoms with Gasteiger partial charge in [0.25, 0.3) is 10.0 Å². The summed E-state index contributed by atoms with van der Waals surface area (Å²) in [6.07, 6.45) is 0. The maximum Gasteiger partial charge on any atom is 0.262 e. The van der Waals surface area contributed by atoms with Crippen molar-refractivity contribution in [2.24, 2.45) is 4.99 Å². The Morgan fingerprint density at radius 2 is 1.80 bits per heavy atom. The molecule has 0 unspecified atom stereocenters. The molecule has 0 aliphatic heterocycles. The lowest BCUT2D eigenvalue weighted by Gasteiger charge is -2.06. The number of nitrogens with zero attached hydrogens (tertiary/aromatic N) is 1. The Balaban J connectivity index is 3.02. The van der Waals surface area contributed by atoms with Crippen LogP contribution in [0.1, 0.15) is 12.5 Å². The standard InChI is InChI=1S/C10H14N2O2S/c1-8-4-6-10(7-5-8)15(13,14)12-9(2)11-3/h4-7H,1-3H3,(H,11,12). The first-order valence-electron chi connectivity index (χ1n) is 4.48. The van der Waals surface area contributed by atoms with Gasteiger partial charge >= 0.3 is 0 Å². The second kappa shape index (κ2) is 4.44. The number of sulfonamides is 1. The van der Waals surface area contributed by atoms with E-state index in [0.29, 0.717) is 5.84 Å². The second-order valence-electron chi connectivity index (χ2n) is 3.23. The predicted octanol–water partition coefficient (Wildman–Crippen LogP) is 1.32. The van der Waals surface area contributed by atoms with Gasteiger partial charge in [-0.2, -0.15) is 0 Å². The van der Waals surface area contributed by atoms with E-state index in [9.17, 15) is 8.42 Å². The fourth-order valence-electron chi connectivity index (χ4n) is 1.02. The van der Waals surface area contributed by atoms with Gasteiger partial charge in [-0.05, 0) is 26.0 Å². The Bertz CT molecular complexity index is 461. The molecule has 1 aromatic rings. The van der Waals surface area contributed by atoms with Crippen molar-refractivity contribution in [1.82, 2.24) is 4.72 Å². The third-order valence-electron chi connectivity index (χ3n) is 1.95. The van der Waals surface area contributed by atoms with E-state index >= 15 is 0 Å². The van der Waals surface area contributed by atoms with E-state index in [1.165, 1.54) is 7.05 Å². The zero-order chi connectivity index (χ0) is 11.5. The molecule has 0 aromatic heterocycles. The number of benzene rings is 1. The fraction of sp³-hybridized carbons (Fsp3) is 0.300. The summed E-state index contributed by atoms with van der Waals surface area (Å²) in [6.45, 7) is 3.51. The van der Waals surface area contributed by atoms with E-state index in [1.54, 1.807) is 31.2 Å². The van der Waals surface area contributed by atoms with Crippen LogP contribution in [0.25, 0.3) is 0 Å². The van der Waals surface area contributed by atoms with Crippen molar-refractivity contribution in [3.8, 4) is 0 Å². The molecule has 0 amide bonds. The SMILES string of the molecule is C/N=C(\C)NS(=O)(=O)c1ccc(C)cc1. The van der Waals surface area contributed by atoms with E-state index < -0.39 is 10.0 Å². The summed E-state index contributed by atoms with van der Waals surface area (Å²) >= 11 is 0. The van der Waals surface area contributed by atoms with Crippen molar-refractivity contribution in [3.05, 3.63) is 29.8 Å². The van der Waals surface area contributed by atoms with Crippen LogP contribution in [0.15, 0.2) is 34.2 Å². The molecule has 82 valence electrons. The van der Waals surface area contributed by atoms with E-state index in [-0.39, 0.29) is 4.90 Å². The maximum absolute atomic E-state index is 11.7. The topological polar surface area (TPSA) is 58.5 Å². The molecule has 0 fully saturated rings. The second-order valence-corrected chi connectivity index (χ2v) is 4.91. The lowest BCUT2D eigenvalue weighted by Crippen LogP contribution is -2.28. The van der Waals surface area contributed by atoms with Gasteiger partial charge < -0.3 is 0 Å². The van der Waals surface area contributed by atoms with Gasteiger partial charge in [-0.25, -0.2) is 8.42 Å². The smallest absolute Gasteiger partial charge is 0.262 e. The molecule has 0 heterocycles. The molecule has 5 heteroatoms. The fourth-order valence-corrected chi connectivity index (χ4v) is 2.11. The molecule has 0 aliphatic rings. The molecule has 0 saturated heterocycles. The van der Waals surface area contributed by atoms with Crippen molar-refractivity contribution in [2.45, 2.75) is 18.7 Å². The lowest BCUT2D eigenvalue weighted by atomic mass is 10.2. The highest BCUT2D eigenvalue weighted by atomic mass is 32.2. The molecular formula is C10H14N2O2S. The minimum Gasteiger partial charge on any atom is -0.275 e. The zero-order valence-electron chi connectivity index (χ0n) is 8.98. The Hall–Kier alpha value is -1.36. The Kier molecular flexibility index (Phi) is 3.47. The minimum atomic E-state index is -3.47. The number of nitrogens with one attached hydrogen (secondary N) is 1. The van der Waals surface area contributed by atoms with Crippen LogP contribution in [0.3, 0.4) is 0 Å². The summed E-state index contributed by atoms with van der Waals surface area (Å²) in [5.74, 6) is 0.371. The Morgan fingerprint density at radius 1 is 1.27 bits per heavy atom. The summed E-state index contributed by atoms with van der Waals surface area (Å²) < 4.78 is 25.8. The first-order chi connectivity index (χ1) is 6.95. The molecular weight excluding hydrogens is 212 g/mol. The van der Waals surface area contributed by atoms with E-state index in [1.807, 2.05) is 6.92 Å². The normalized spacial score (nSPS) is 12.6. The maximum atomic E-state index is 11.7. The van der Waals surface area contributed by atoms with Crippen LogP contribution in [0, 0.1) is 6.92 Å². The highest BCUT2D eigenvalue weighted by Gasteiger charge is 2.13. The molecule has 0 saturated carbocycles. The van der Waals surface area contributed by atoms with Crippen LogP contribution in [0.5, 0.6) is 0 Å². The van der Waals surface area contributed by atoms with Gasteiger partial charge in [0.2, 0.25) is 0 Å². The third kappa shape index (κ3) is 3.06. The average Bonchev–Trinajstić information content (AvgIpc) is 2.17. The van der Waals surface area contributed by atoms with E-state index in [0.717, 1.165) is 5.56 Å². The highest BCUT2D eigenvalue weighted by Crippen LogP contribution is 2.09. The molecule has 0 radical (unpaired) electrons. The lowest BCUT2D eigenvalue weighted by molar-refractivity contribution is 0.592. The quantitative estimate of drug-likeness (QED) is 0.610. The van der Waals surface area contributed by atoms with Crippen LogP contribution in [0.2, 0.25) is 0 Å². The summed E-state index contributed by atoms with van der Waals surface area (Å²) in [6, 6.07) is 6.65. The van der Waals surface area contributed by atoms with Gasteiger partial charge in [-0.1, -0.05) is 17.7 Å². The van der Waals surface area contributed by atoms with Crippen LogP contribution in [-0.4, -0.2) is 21.3 Å². The molecule has 0 atom stereocenters. The molecule has 1 rings (SSSR count). The van der Waals surface area contributed by atoms with Gasteiger partial charge in [-0.3, -0.25) is 9.71 Å². The van der Waals surface area contributed by atoms with Crippen LogP contribution < -0.4 is 4.72 Å². The molecule has 1 aromatic carbocycles. The van der Waals surface area contributed by atoms with Gasteiger partial charge in [-0.15, -0.1) is 0 Å². The molecule has 0 spiro atoms. The monoisotopic (exact) mass is 226 g/mol. The molecule has 0 aliphatic carbocycles. The first kappa shape index (κ1) is 11.7. The largest absolute Gasteiger partial charge is 0.275 e. The third-order valence-corrected chi connectivity index (χ3v) is 3.41. The molecule has 0 bridgehead atoms. The summed E-state index contributed by atoms with van der Waals surface area (Å²) in [7, 11) is -1.93. The number of rotatable bonds is 2. The van der Waals surface area contributed by atoms with Gasteiger partial charge in [0.15, 0.2) is 0 Å². The Labute approximate surface area is 90.1 Å². The number of hydrogen-bond donors (Lipinski definition) is 1. The first-order valence-corrected chi connectivity index (χ1v) is 5.97. The van der Waals surface area contributed by atoms with Crippen LogP contribution in [0.4, 0.5) is 0 Å². The Morgan fingerprint density at radius 3 is 2.27 bits per heavy atom. The van der Waals surface area contributed by atoms with Gasteiger partial charge in [0.1, 0.15) is 5.84 Å². The van der Waals surface area contributed by atoms with Crippen molar-refractivity contribution in [3.63, 3.8) is 0 Å². The summed E-state index contributed by atoms with van der Waals surface area (Å²) in [4.78, 5) is 3.99. The molecule has 1 N–H and O–H groups in total. The zero-order valence-corrected chi connectivity index (χ0v) is 9.80.